The molecule has 0 saturated heterocycles. The van der Waals surface area contributed by atoms with Gasteiger partial charge < -0.3 is 5.32 Å². The first-order chi connectivity index (χ1) is 7.39. The third-order valence-electron chi connectivity index (χ3n) is 3.16. The zero-order valence-electron chi connectivity index (χ0n) is 9.78. The number of nitro groups is 1. The van der Waals surface area contributed by atoms with E-state index < -0.39 is 0 Å². The Morgan fingerprint density at radius 3 is 2.69 bits per heavy atom. The van der Waals surface area contributed by atoms with Crippen LogP contribution in [0, 0.1) is 15.5 Å². The Kier molecular flexibility index (Phi) is 2.37. The van der Waals surface area contributed by atoms with Gasteiger partial charge in [0.05, 0.1) is 4.92 Å². The zero-order chi connectivity index (χ0) is 11.9. The quantitative estimate of drug-likeness (QED) is 0.584. The van der Waals surface area contributed by atoms with Crippen LogP contribution in [-0.2, 0) is 0 Å². The van der Waals surface area contributed by atoms with Crippen molar-refractivity contribution >= 4 is 11.4 Å². The molecule has 0 radical (unpaired) electrons. The molecule has 1 heterocycles. The van der Waals surface area contributed by atoms with Crippen LogP contribution in [0.15, 0.2) is 18.2 Å². The number of anilines is 1. The molecule has 16 heavy (non-hydrogen) atoms. The molecule has 1 aromatic carbocycles. The average Bonchev–Trinajstić information content (AvgIpc) is 2.58. The summed E-state index contributed by atoms with van der Waals surface area (Å²) >= 11 is 0. The zero-order valence-corrected chi connectivity index (χ0v) is 9.78. The van der Waals surface area contributed by atoms with E-state index in [1.165, 1.54) is 0 Å². The minimum Gasteiger partial charge on any atom is -0.384 e. The Bertz CT molecular complexity index is 435. The van der Waals surface area contributed by atoms with Gasteiger partial charge in [-0.05, 0) is 17.0 Å². The monoisotopic (exact) mass is 220 g/mol. The van der Waals surface area contributed by atoms with E-state index in [9.17, 15) is 10.1 Å². The van der Waals surface area contributed by atoms with Gasteiger partial charge in [0, 0.05) is 30.3 Å². The van der Waals surface area contributed by atoms with Crippen LogP contribution in [0.25, 0.3) is 0 Å². The van der Waals surface area contributed by atoms with E-state index in [1.54, 1.807) is 18.2 Å². The number of nitrogens with one attached hydrogen (secondary N) is 1. The molecule has 1 aliphatic heterocycles. The van der Waals surface area contributed by atoms with E-state index in [-0.39, 0.29) is 16.0 Å². The molecule has 2 rings (SSSR count). The molecule has 4 nitrogen and oxygen atoms in total. The molecule has 1 atom stereocenters. The Balaban J connectivity index is 2.45. The van der Waals surface area contributed by atoms with E-state index in [1.807, 2.05) is 0 Å². The van der Waals surface area contributed by atoms with Gasteiger partial charge in [-0.25, -0.2) is 0 Å². The molecule has 0 amide bonds. The van der Waals surface area contributed by atoms with Crippen LogP contribution in [0.2, 0.25) is 0 Å². The highest BCUT2D eigenvalue weighted by molar-refractivity contribution is 5.61. The van der Waals surface area contributed by atoms with E-state index in [0.717, 1.165) is 17.8 Å². The Labute approximate surface area is 94.8 Å². The first kappa shape index (κ1) is 10.9. The Morgan fingerprint density at radius 1 is 1.44 bits per heavy atom. The second kappa shape index (κ2) is 3.47. The summed E-state index contributed by atoms with van der Waals surface area (Å²) in [6.45, 7) is 7.34. The summed E-state index contributed by atoms with van der Waals surface area (Å²) in [5, 5.41) is 14.0. The molecule has 86 valence electrons. The van der Waals surface area contributed by atoms with Crippen LogP contribution in [0.5, 0.6) is 0 Å². The lowest BCUT2D eigenvalue weighted by atomic mass is 9.77. The molecule has 0 aliphatic carbocycles. The van der Waals surface area contributed by atoms with Gasteiger partial charge in [-0.15, -0.1) is 0 Å². The predicted molar refractivity (Wildman–Crippen MR) is 63.8 cm³/mol. The van der Waals surface area contributed by atoms with Crippen molar-refractivity contribution < 1.29 is 4.92 Å². The number of benzene rings is 1. The topological polar surface area (TPSA) is 55.2 Å². The average molecular weight is 220 g/mol. The summed E-state index contributed by atoms with van der Waals surface area (Å²) in [6, 6.07) is 5.06. The van der Waals surface area contributed by atoms with Crippen molar-refractivity contribution in [2.75, 3.05) is 11.9 Å². The number of hydrogen-bond donors (Lipinski definition) is 1. The lowest BCUT2D eigenvalue weighted by molar-refractivity contribution is -0.384. The van der Waals surface area contributed by atoms with Crippen LogP contribution in [0.3, 0.4) is 0 Å². The normalized spacial score (nSPS) is 19.1. The fourth-order valence-electron chi connectivity index (χ4n) is 2.21. The second-order valence-electron chi connectivity index (χ2n) is 5.33. The van der Waals surface area contributed by atoms with Crippen LogP contribution < -0.4 is 5.32 Å². The van der Waals surface area contributed by atoms with Gasteiger partial charge in [0.1, 0.15) is 0 Å². The largest absolute Gasteiger partial charge is 0.384 e. The lowest BCUT2D eigenvalue weighted by Crippen LogP contribution is -2.19. The first-order valence-electron chi connectivity index (χ1n) is 5.42. The fraction of sp³-hybridized carbons (Fsp3) is 0.500. The van der Waals surface area contributed by atoms with E-state index in [2.05, 4.69) is 26.1 Å². The van der Waals surface area contributed by atoms with Gasteiger partial charge >= 0.3 is 0 Å². The van der Waals surface area contributed by atoms with Crippen LogP contribution in [0.1, 0.15) is 32.3 Å². The molecule has 1 aromatic rings. The number of rotatable bonds is 1. The van der Waals surface area contributed by atoms with Gasteiger partial charge in [-0.2, -0.15) is 0 Å². The predicted octanol–water partition coefficient (Wildman–Crippen LogP) is 3.15. The van der Waals surface area contributed by atoms with Gasteiger partial charge in [0.15, 0.2) is 0 Å². The number of non-ortho nitro benzene ring substituents is 1. The molecule has 0 bridgehead atoms. The minimum absolute atomic E-state index is 0.119. The SMILES string of the molecule is CC(C)(C)C1CNc2ccc([N+](=O)[O-])cc21. The molecule has 0 saturated carbocycles. The first-order valence-corrected chi connectivity index (χ1v) is 5.42. The third-order valence-corrected chi connectivity index (χ3v) is 3.16. The molecular formula is C12H16N2O2. The van der Waals surface area contributed by atoms with Crippen molar-refractivity contribution in [3.8, 4) is 0 Å². The highest BCUT2D eigenvalue weighted by Gasteiger charge is 2.33. The van der Waals surface area contributed by atoms with Gasteiger partial charge in [-0.1, -0.05) is 20.8 Å². The third kappa shape index (κ3) is 1.75. The van der Waals surface area contributed by atoms with Crippen molar-refractivity contribution in [1.29, 1.82) is 0 Å². The highest BCUT2D eigenvalue weighted by Crippen LogP contribution is 2.43. The van der Waals surface area contributed by atoms with Gasteiger partial charge in [0.25, 0.3) is 5.69 Å². The maximum atomic E-state index is 10.7. The van der Waals surface area contributed by atoms with Crippen LogP contribution in [-0.4, -0.2) is 11.5 Å². The molecule has 0 fully saturated rings. The summed E-state index contributed by atoms with van der Waals surface area (Å²) in [5.41, 5.74) is 2.40. The summed E-state index contributed by atoms with van der Waals surface area (Å²) < 4.78 is 0. The summed E-state index contributed by atoms with van der Waals surface area (Å²) in [5.74, 6) is 0.336. The van der Waals surface area contributed by atoms with E-state index in [0.29, 0.717) is 5.92 Å². The summed E-state index contributed by atoms with van der Waals surface area (Å²) in [4.78, 5) is 10.4. The molecular weight excluding hydrogens is 204 g/mol. The number of nitro benzene ring substituents is 1. The molecule has 0 aromatic heterocycles. The van der Waals surface area contributed by atoms with Crippen molar-refractivity contribution in [3.05, 3.63) is 33.9 Å². The Hall–Kier alpha value is -1.58. The number of nitrogens with zero attached hydrogens (tertiary/aromatic N) is 1. The second-order valence-corrected chi connectivity index (χ2v) is 5.33. The van der Waals surface area contributed by atoms with Crippen molar-refractivity contribution in [2.45, 2.75) is 26.7 Å². The smallest absolute Gasteiger partial charge is 0.269 e. The Morgan fingerprint density at radius 2 is 2.12 bits per heavy atom. The van der Waals surface area contributed by atoms with Crippen molar-refractivity contribution in [3.63, 3.8) is 0 Å². The lowest BCUT2D eigenvalue weighted by Gasteiger charge is -2.26. The standard InChI is InChI=1S/C12H16N2O2/c1-12(2,3)10-7-13-11-5-4-8(14(15)16)6-9(10)11/h4-6,10,13H,7H2,1-3H3. The molecule has 0 spiro atoms. The maximum Gasteiger partial charge on any atom is 0.269 e. The maximum absolute atomic E-state index is 10.7. The summed E-state index contributed by atoms with van der Waals surface area (Å²) in [6.07, 6.45) is 0. The van der Waals surface area contributed by atoms with Crippen molar-refractivity contribution in [1.82, 2.24) is 0 Å². The van der Waals surface area contributed by atoms with Crippen LogP contribution in [0.4, 0.5) is 11.4 Å². The van der Waals surface area contributed by atoms with Crippen LogP contribution >= 0.6 is 0 Å². The summed E-state index contributed by atoms with van der Waals surface area (Å²) in [7, 11) is 0. The molecule has 1 unspecified atom stereocenters. The molecule has 1 N–H and O–H groups in total. The van der Waals surface area contributed by atoms with Gasteiger partial charge in [0.2, 0.25) is 0 Å². The molecule has 1 aliphatic rings. The van der Waals surface area contributed by atoms with Crippen molar-refractivity contribution in [2.24, 2.45) is 5.41 Å². The fourth-order valence-corrected chi connectivity index (χ4v) is 2.21. The highest BCUT2D eigenvalue weighted by atomic mass is 16.6. The van der Waals surface area contributed by atoms with Gasteiger partial charge in [-0.3, -0.25) is 10.1 Å². The van der Waals surface area contributed by atoms with E-state index >= 15 is 0 Å². The molecule has 4 heteroatoms. The number of hydrogen-bond acceptors (Lipinski definition) is 3. The number of fused-ring (bicyclic) bond motifs is 1. The van der Waals surface area contributed by atoms with E-state index in [4.69, 9.17) is 0 Å². The minimum atomic E-state index is -0.335.